The van der Waals surface area contributed by atoms with Gasteiger partial charge in [0.15, 0.2) is 5.82 Å². The van der Waals surface area contributed by atoms with Crippen molar-refractivity contribution in [1.29, 1.82) is 0 Å². The molecule has 0 aromatic carbocycles. The van der Waals surface area contributed by atoms with Crippen LogP contribution in [0.1, 0.15) is 26.1 Å². The van der Waals surface area contributed by atoms with E-state index in [1.54, 1.807) is 18.3 Å². The molecule has 22 heavy (non-hydrogen) atoms. The minimum Gasteiger partial charge on any atom is -0.475 e. The van der Waals surface area contributed by atoms with Crippen LogP contribution in [0.3, 0.4) is 0 Å². The zero-order chi connectivity index (χ0) is 16.2. The molecule has 1 unspecified atom stereocenters. The Morgan fingerprint density at radius 3 is 2.91 bits per heavy atom. The highest BCUT2D eigenvalue weighted by molar-refractivity contribution is 7.88. The van der Waals surface area contributed by atoms with Crippen molar-refractivity contribution in [3.05, 3.63) is 24.2 Å². The van der Waals surface area contributed by atoms with Crippen molar-refractivity contribution in [1.82, 2.24) is 19.8 Å². The lowest BCUT2D eigenvalue weighted by Crippen LogP contribution is -2.20. The topological polar surface area (TPSA) is 107 Å². The molecule has 2 aromatic heterocycles. The van der Waals surface area contributed by atoms with E-state index in [1.807, 2.05) is 13.8 Å². The maximum atomic E-state index is 11.5. The molecule has 2 rings (SSSR count). The maximum Gasteiger partial charge on any atom is 0.258 e. The summed E-state index contributed by atoms with van der Waals surface area (Å²) in [5.74, 6) is 0.423. The summed E-state index contributed by atoms with van der Waals surface area (Å²) in [6, 6.07) is 3.36. The molecular formula is C13H18N4O4S. The third-order valence-corrected chi connectivity index (χ3v) is 4.24. The summed E-state index contributed by atoms with van der Waals surface area (Å²) in [6.07, 6.45) is 2.47. The number of ether oxygens (including phenoxy) is 1. The third-order valence-electron chi connectivity index (χ3n) is 2.98. The molecule has 0 radical (unpaired) electrons. The van der Waals surface area contributed by atoms with Crippen molar-refractivity contribution in [2.75, 3.05) is 7.05 Å². The molecule has 120 valence electrons. The van der Waals surface area contributed by atoms with Crippen molar-refractivity contribution < 1.29 is 17.7 Å². The van der Waals surface area contributed by atoms with Gasteiger partial charge in [0, 0.05) is 17.8 Å². The van der Waals surface area contributed by atoms with Crippen LogP contribution in [0.5, 0.6) is 5.88 Å². The Morgan fingerprint density at radius 2 is 2.23 bits per heavy atom. The molecule has 2 heterocycles. The number of hydrogen-bond acceptors (Lipinski definition) is 7. The lowest BCUT2D eigenvalue weighted by atomic mass is 10.2. The van der Waals surface area contributed by atoms with Gasteiger partial charge in [-0.1, -0.05) is 12.1 Å². The van der Waals surface area contributed by atoms with Crippen LogP contribution in [-0.4, -0.2) is 36.7 Å². The average Bonchev–Trinajstić information content (AvgIpc) is 2.95. The molecule has 0 aliphatic carbocycles. The molecular weight excluding hydrogens is 308 g/mol. The van der Waals surface area contributed by atoms with E-state index in [2.05, 4.69) is 19.8 Å². The first-order valence-corrected chi connectivity index (χ1v) is 8.45. The van der Waals surface area contributed by atoms with Crippen molar-refractivity contribution in [2.24, 2.45) is 0 Å². The van der Waals surface area contributed by atoms with Gasteiger partial charge in [-0.25, -0.2) is 18.1 Å². The first-order valence-electron chi connectivity index (χ1n) is 6.80. The van der Waals surface area contributed by atoms with E-state index >= 15 is 0 Å². The lowest BCUT2D eigenvalue weighted by Gasteiger charge is -2.11. The van der Waals surface area contributed by atoms with Gasteiger partial charge < -0.3 is 9.26 Å². The van der Waals surface area contributed by atoms with Crippen LogP contribution < -0.4 is 9.46 Å². The largest absolute Gasteiger partial charge is 0.475 e. The van der Waals surface area contributed by atoms with Crippen molar-refractivity contribution in [2.45, 2.75) is 32.1 Å². The van der Waals surface area contributed by atoms with Gasteiger partial charge in [0.05, 0.1) is 6.10 Å². The number of nitrogens with one attached hydrogen (secondary N) is 1. The van der Waals surface area contributed by atoms with Crippen LogP contribution in [0.2, 0.25) is 0 Å². The molecule has 0 spiro atoms. The molecule has 0 amide bonds. The van der Waals surface area contributed by atoms with Gasteiger partial charge in [0.25, 0.3) is 5.89 Å². The highest BCUT2D eigenvalue weighted by atomic mass is 32.2. The third kappa shape index (κ3) is 4.25. The fraction of sp³-hybridized carbons (Fsp3) is 0.462. The number of sulfonamides is 1. The minimum absolute atomic E-state index is 0.0433. The fourth-order valence-electron chi connectivity index (χ4n) is 1.57. The Balaban J connectivity index is 2.19. The summed E-state index contributed by atoms with van der Waals surface area (Å²) in [5, 5.41) is 3.67. The Labute approximate surface area is 129 Å². The van der Waals surface area contributed by atoms with E-state index in [4.69, 9.17) is 9.26 Å². The van der Waals surface area contributed by atoms with E-state index in [1.165, 1.54) is 7.05 Å². The molecule has 0 fully saturated rings. The second-order valence-electron chi connectivity index (χ2n) is 4.70. The van der Waals surface area contributed by atoms with Gasteiger partial charge in [-0.2, -0.15) is 4.98 Å². The van der Waals surface area contributed by atoms with Crippen LogP contribution in [0.25, 0.3) is 11.5 Å². The molecule has 1 atom stereocenters. The van der Waals surface area contributed by atoms with E-state index in [0.29, 0.717) is 11.4 Å². The van der Waals surface area contributed by atoms with Gasteiger partial charge in [0.2, 0.25) is 15.9 Å². The van der Waals surface area contributed by atoms with Crippen LogP contribution in [0.15, 0.2) is 22.9 Å². The predicted molar refractivity (Wildman–Crippen MR) is 79.6 cm³/mol. The molecule has 0 saturated carbocycles. The average molecular weight is 326 g/mol. The van der Waals surface area contributed by atoms with Gasteiger partial charge in [-0.05, 0) is 26.5 Å². The number of rotatable bonds is 7. The zero-order valence-electron chi connectivity index (χ0n) is 12.6. The lowest BCUT2D eigenvalue weighted by molar-refractivity contribution is 0.208. The highest BCUT2D eigenvalue weighted by Crippen LogP contribution is 2.21. The molecule has 8 nitrogen and oxygen atoms in total. The number of nitrogens with zero attached hydrogens (tertiary/aromatic N) is 3. The van der Waals surface area contributed by atoms with E-state index in [9.17, 15) is 8.42 Å². The van der Waals surface area contributed by atoms with Crippen molar-refractivity contribution >= 4 is 10.0 Å². The first-order chi connectivity index (χ1) is 10.4. The monoisotopic (exact) mass is 326 g/mol. The fourth-order valence-corrected chi connectivity index (χ4v) is 2.17. The van der Waals surface area contributed by atoms with E-state index in [0.717, 1.165) is 6.42 Å². The van der Waals surface area contributed by atoms with Gasteiger partial charge in [-0.15, -0.1) is 0 Å². The molecule has 9 heteroatoms. The number of aromatic nitrogens is 3. The quantitative estimate of drug-likeness (QED) is 0.818. The van der Waals surface area contributed by atoms with E-state index in [-0.39, 0.29) is 23.6 Å². The molecule has 2 aromatic rings. The molecule has 0 aliphatic heterocycles. The predicted octanol–water partition coefficient (Wildman–Crippen LogP) is 1.36. The van der Waals surface area contributed by atoms with Gasteiger partial charge >= 0.3 is 0 Å². The normalized spacial score (nSPS) is 13.0. The summed E-state index contributed by atoms with van der Waals surface area (Å²) >= 11 is 0. The SMILES string of the molecule is CCC(C)Oc1cc(-c2nc(CS(=O)(=O)NC)no2)ccn1. The zero-order valence-corrected chi connectivity index (χ0v) is 13.4. The molecule has 1 N–H and O–H groups in total. The molecule has 0 aliphatic rings. The molecule has 0 bridgehead atoms. The van der Waals surface area contributed by atoms with Crippen molar-refractivity contribution in [3.8, 4) is 17.3 Å². The van der Waals surface area contributed by atoms with Crippen LogP contribution in [-0.2, 0) is 15.8 Å². The van der Waals surface area contributed by atoms with E-state index < -0.39 is 10.0 Å². The minimum atomic E-state index is -3.44. The van der Waals surface area contributed by atoms with Crippen LogP contribution in [0.4, 0.5) is 0 Å². The Hall–Kier alpha value is -2.00. The van der Waals surface area contributed by atoms with Crippen LogP contribution >= 0.6 is 0 Å². The smallest absolute Gasteiger partial charge is 0.258 e. The van der Waals surface area contributed by atoms with Gasteiger partial charge in [-0.3, -0.25) is 0 Å². The summed E-state index contributed by atoms with van der Waals surface area (Å²) in [7, 11) is -2.11. The summed E-state index contributed by atoms with van der Waals surface area (Å²) < 4.78 is 35.8. The second-order valence-corrected chi connectivity index (χ2v) is 6.62. The van der Waals surface area contributed by atoms with Crippen molar-refractivity contribution in [3.63, 3.8) is 0 Å². The summed E-state index contributed by atoms with van der Waals surface area (Å²) in [4.78, 5) is 8.19. The van der Waals surface area contributed by atoms with Gasteiger partial charge in [0.1, 0.15) is 5.75 Å². The Bertz CT molecular complexity index is 729. The standard InChI is InChI=1S/C13H18N4O4S/c1-4-9(2)20-12-7-10(5-6-15-12)13-16-11(17-21-13)8-22(18,19)14-3/h5-7,9,14H,4,8H2,1-3H3. The highest BCUT2D eigenvalue weighted by Gasteiger charge is 2.16. The molecule has 0 saturated heterocycles. The summed E-state index contributed by atoms with van der Waals surface area (Å²) in [5.41, 5.74) is 0.619. The Kier molecular flexibility index (Phi) is 5.09. The number of pyridine rings is 1. The maximum absolute atomic E-state index is 11.5. The summed E-state index contributed by atoms with van der Waals surface area (Å²) in [6.45, 7) is 3.96. The number of hydrogen-bond donors (Lipinski definition) is 1. The van der Waals surface area contributed by atoms with Crippen LogP contribution in [0, 0.1) is 0 Å². The first kappa shape index (κ1) is 16.4. The Morgan fingerprint density at radius 1 is 1.45 bits per heavy atom. The second kappa shape index (κ2) is 6.84.